The van der Waals surface area contributed by atoms with Gasteiger partial charge in [0.05, 0.1) is 0 Å². The second-order valence-electron chi connectivity index (χ2n) is 5.07. The molecule has 1 N–H and O–H groups in total. The molecule has 0 bridgehead atoms. The minimum absolute atomic E-state index is 0.865. The van der Waals surface area contributed by atoms with E-state index in [0.29, 0.717) is 0 Å². The topological polar surface area (TPSA) is 15.3 Å². The summed E-state index contributed by atoms with van der Waals surface area (Å²) in [5.41, 5.74) is 0. The number of nitrogens with one attached hydrogen (secondary N) is 1. The van der Waals surface area contributed by atoms with Gasteiger partial charge in [-0.15, -0.1) is 0 Å². The molecule has 0 spiro atoms. The second-order valence-corrected chi connectivity index (χ2v) is 5.07. The quantitative estimate of drug-likeness (QED) is 0.728. The third kappa shape index (κ3) is 4.52. The number of hydrogen-bond acceptors (Lipinski definition) is 2. The van der Waals surface area contributed by atoms with Crippen LogP contribution in [0.15, 0.2) is 0 Å². The van der Waals surface area contributed by atoms with Crippen molar-refractivity contribution in [3.63, 3.8) is 0 Å². The van der Waals surface area contributed by atoms with Gasteiger partial charge in [0.25, 0.3) is 0 Å². The zero-order valence-electron chi connectivity index (χ0n) is 10.8. The number of rotatable bonds is 6. The van der Waals surface area contributed by atoms with Gasteiger partial charge in [-0.2, -0.15) is 0 Å². The van der Waals surface area contributed by atoms with Gasteiger partial charge in [0, 0.05) is 6.04 Å². The average molecular weight is 212 g/mol. The zero-order chi connectivity index (χ0) is 11.1. The molecule has 1 fully saturated rings. The molecule has 2 heteroatoms. The van der Waals surface area contributed by atoms with E-state index in [-0.39, 0.29) is 0 Å². The lowest BCUT2D eigenvalue weighted by molar-refractivity contribution is 0.163. The molecule has 0 aromatic heterocycles. The van der Waals surface area contributed by atoms with Gasteiger partial charge in [-0.3, -0.25) is 0 Å². The molecule has 90 valence electrons. The third-order valence-corrected chi connectivity index (χ3v) is 3.80. The van der Waals surface area contributed by atoms with Crippen molar-refractivity contribution in [2.24, 2.45) is 5.92 Å². The van der Waals surface area contributed by atoms with Crippen molar-refractivity contribution in [2.75, 3.05) is 27.2 Å². The summed E-state index contributed by atoms with van der Waals surface area (Å²) in [6.45, 7) is 4.78. The minimum Gasteiger partial charge on any atom is -0.319 e. The van der Waals surface area contributed by atoms with Crippen LogP contribution >= 0.6 is 0 Å². The van der Waals surface area contributed by atoms with Gasteiger partial charge in [0.2, 0.25) is 0 Å². The molecule has 0 saturated heterocycles. The van der Waals surface area contributed by atoms with Gasteiger partial charge >= 0.3 is 0 Å². The van der Waals surface area contributed by atoms with Crippen LogP contribution in [-0.2, 0) is 0 Å². The van der Waals surface area contributed by atoms with Crippen LogP contribution in [0.25, 0.3) is 0 Å². The maximum absolute atomic E-state index is 3.30. The highest BCUT2D eigenvalue weighted by atomic mass is 15.1. The summed E-state index contributed by atoms with van der Waals surface area (Å²) in [6.07, 6.45) is 8.33. The molecule has 1 aliphatic carbocycles. The lowest BCUT2D eigenvalue weighted by atomic mass is 9.85. The smallest absolute Gasteiger partial charge is 0.00924 e. The summed E-state index contributed by atoms with van der Waals surface area (Å²) in [6, 6.07) is 0.865. The van der Waals surface area contributed by atoms with Gasteiger partial charge < -0.3 is 10.2 Å². The van der Waals surface area contributed by atoms with Gasteiger partial charge in [-0.1, -0.05) is 13.3 Å². The molecule has 0 amide bonds. The van der Waals surface area contributed by atoms with Gasteiger partial charge in [0.1, 0.15) is 0 Å². The highest BCUT2D eigenvalue weighted by Crippen LogP contribution is 2.26. The van der Waals surface area contributed by atoms with Crippen molar-refractivity contribution < 1.29 is 0 Å². The Kier molecular flexibility index (Phi) is 6.26. The van der Waals surface area contributed by atoms with Crippen molar-refractivity contribution in [3.8, 4) is 0 Å². The zero-order valence-corrected chi connectivity index (χ0v) is 10.8. The Hall–Kier alpha value is -0.0800. The highest BCUT2D eigenvalue weighted by Gasteiger charge is 2.22. The average Bonchev–Trinajstić information content (AvgIpc) is 2.27. The fraction of sp³-hybridized carbons (Fsp3) is 1.00. The highest BCUT2D eigenvalue weighted by molar-refractivity contribution is 4.78. The van der Waals surface area contributed by atoms with Crippen LogP contribution in [0.1, 0.15) is 45.4 Å². The van der Waals surface area contributed by atoms with E-state index in [1.165, 1.54) is 51.6 Å². The molecule has 0 unspecified atom stereocenters. The second kappa shape index (κ2) is 7.24. The van der Waals surface area contributed by atoms with Crippen molar-refractivity contribution >= 4 is 0 Å². The molecule has 15 heavy (non-hydrogen) atoms. The van der Waals surface area contributed by atoms with Crippen LogP contribution in [0, 0.1) is 5.92 Å². The Labute approximate surface area is 95.4 Å². The molecular weight excluding hydrogens is 184 g/mol. The lowest BCUT2D eigenvalue weighted by Crippen LogP contribution is -2.37. The van der Waals surface area contributed by atoms with Crippen molar-refractivity contribution in [3.05, 3.63) is 0 Å². The molecule has 0 heterocycles. The van der Waals surface area contributed by atoms with E-state index in [0.717, 1.165) is 12.0 Å². The first-order valence-electron chi connectivity index (χ1n) is 6.62. The van der Waals surface area contributed by atoms with E-state index in [1.54, 1.807) is 0 Å². The molecule has 0 aliphatic heterocycles. The van der Waals surface area contributed by atoms with Crippen LogP contribution in [-0.4, -0.2) is 38.1 Å². The van der Waals surface area contributed by atoms with Crippen molar-refractivity contribution in [2.45, 2.75) is 51.5 Å². The van der Waals surface area contributed by atoms with E-state index in [4.69, 9.17) is 0 Å². The number of hydrogen-bond donors (Lipinski definition) is 1. The van der Waals surface area contributed by atoms with Crippen LogP contribution < -0.4 is 5.32 Å². The van der Waals surface area contributed by atoms with Crippen LogP contribution in [0.2, 0.25) is 0 Å². The van der Waals surface area contributed by atoms with E-state index >= 15 is 0 Å². The molecule has 1 aliphatic rings. The predicted molar refractivity (Wildman–Crippen MR) is 67.2 cm³/mol. The summed E-state index contributed by atoms with van der Waals surface area (Å²) in [7, 11) is 4.37. The molecule has 0 radical (unpaired) electrons. The number of nitrogens with zero attached hydrogens (tertiary/aromatic N) is 1. The van der Waals surface area contributed by atoms with Gasteiger partial charge in [-0.05, 0) is 65.2 Å². The molecule has 0 aromatic rings. The molecule has 1 rings (SSSR count). The van der Waals surface area contributed by atoms with Gasteiger partial charge in [0.15, 0.2) is 0 Å². The Bertz CT molecular complexity index is 151. The van der Waals surface area contributed by atoms with E-state index in [1.807, 2.05) is 0 Å². The maximum Gasteiger partial charge on any atom is 0.00924 e. The van der Waals surface area contributed by atoms with Crippen LogP contribution in [0.3, 0.4) is 0 Å². The van der Waals surface area contributed by atoms with E-state index in [2.05, 4.69) is 31.2 Å². The first kappa shape index (κ1) is 13.0. The largest absolute Gasteiger partial charge is 0.319 e. The van der Waals surface area contributed by atoms with Crippen LogP contribution in [0.4, 0.5) is 0 Å². The maximum atomic E-state index is 3.30. The SMILES string of the molecule is CCCCN(C)C1CCC(CNC)CC1. The molecule has 0 atom stereocenters. The lowest BCUT2D eigenvalue weighted by Gasteiger charge is -2.34. The summed E-state index contributed by atoms with van der Waals surface area (Å²) in [4.78, 5) is 2.58. The Morgan fingerprint density at radius 3 is 2.40 bits per heavy atom. The fourth-order valence-corrected chi connectivity index (χ4v) is 2.67. The number of unbranched alkanes of at least 4 members (excludes halogenated alkanes) is 1. The summed E-state index contributed by atoms with van der Waals surface area (Å²) < 4.78 is 0. The predicted octanol–water partition coefficient (Wildman–Crippen LogP) is 2.50. The monoisotopic (exact) mass is 212 g/mol. The van der Waals surface area contributed by atoms with Crippen molar-refractivity contribution in [1.29, 1.82) is 0 Å². The summed E-state index contributed by atoms with van der Waals surface area (Å²) in [5.74, 6) is 0.936. The molecular formula is C13H28N2. The Morgan fingerprint density at radius 1 is 1.20 bits per heavy atom. The first-order chi connectivity index (χ1) is 7.27. The van der Waals surface area contributed by atoms with E-state index in [9.17, 15) is 0 Å². The van der Waals surface area contributed by atoms with Crippen LogP contribution in [0.5, 0.6) is 0 Å². The summed E-state index contributed by atoms with van der Waals surface area (Å²) >= 11 is 0. The summed E-state index contributed by atoms with van der Waals surface area (Å²) in [5, 5.41) is 3.30. The van der Waals surface area contributed by atoms with Gasteiger partial charge in [-0.25, -0.2) is 0 Å². The molecule has 0 aromatic carbocycles. The molecule has 2 nitrogen and oxygen atoms in total. The van der Waals surface area contributed by atoms with Crippen molar-refractivity contribution in [1.82, 2.24) is 10.2 Å². The fourth-order valence-electron chi connectivity index (χ4n) is 2.67. The first-order valence-corrected chi connectivity index (χ1v) is 6.62. The van der Waals surface area contributed by atoms with E-state index < -0.39 is 0 Å². The minimum atomic E-state index is 0.865. The molecule has 1 saturated carbocycles. The Balaban J connectivity index is 2.18. The standard InChI is InChI=1S/C13H28N2/c1-4-5-10-15(3)13-8-6-12(7-9-13)11-14-2/h12-14H,4-11H2,1-3H3. The normalized spacial score (nSPS) is 27.2. The third-order valence-electron chi connectivity index (χ3n) is 3.80. The Morgan fingerprint density at radius 2 is 1.87 bits per heavy atom.